The number of aliphatic hydroxyl groups excluding tert-OH is 6. The van der Waals surface area contributed by atoms with Gasteiger partial charge in [-0.05, 0) is 83.5 Å². The van der Waals surface area contributed by atoms with Crippen molar-refractivity contribution in [1.82, 2.24) is 38.2 Å². The number of aromatic nitrogens is 8. The second-order valence-electron chi connectivity index (χ2n) is 23.0. The van der Waals surface area contributed by atoms with Crippen LogP contribution in [-0.4, -0.2) is 159 Å². The summed E-state index contributed by atoms with van der Waals surface area (Å²) >= 11 is 0. The Morgan fingerprint density at radius 2 is 0.865 bits per heavy atom. The molecule has 4 fully saturated rings. The average molecular weight is 1440 g/mol. The first kappa shape index (κ1) is 77.6. The van der Waals surface area contributed by atoms with Gasteiger partial charge >= 0.3 is 34.7 Å². The molecular weight excluding hydrogens is 1380 g/mol. The molecule has 0 spiro atoms. The van der Waals surface area contributed by atoms with Crippen LogP contribution >= 0.6 is 0 Å². The van der Waals surface area contributed by atoms with Crippen molar-refractivity contribution in [3.63, 3.8) is 0 Å². The lowest BCUT2D eigenvalue weighted by Gasteiger charge is -2.26. The lowest BCUT2D eigenvalue weighted by Crippen LogP contribution is -2.44. The molecule has 4 aromatic heterocycles. The number of carbonyl (C=O) groups excluding carboxylic acids is 3. The van der Waals surface area contributed by atoms with Gasteiger partial charge in [-0.15, -0.1) is 0 Å². The molecule has 4 saturated heterocycles. The number of hydrogen-bond acceptors (Lipinski definition) is 28. The zero-order valence-electron chi connectivity index (χ0n) is 55.0. The Hall–Kier alpha value is -12.2. The molecule has 0 saturated carbocycles. The maximum Gasteiger partial charge on any atom is 0.351 e. The van der Waals surface area contributed by atoms with Crippen molar-refractivity contribution in [2.45, 2.75) is 125 Å². The summed E-state index contributed by atoms with van der Waals surface area (Å²) in [5.41, 5.74) is 30.2. The van der Waals surface area contributed by atoms with Gasteiger partial charge in [-0.2, -0.15) is 9.97 Å². The average Bonchev–Trinajstić information content (AvgIpc) is 1.64. The van der Waals surface area contributed by atoms with E-state index in [9.17, 15) is 73.8 Å². The molecule has 0 bridgehead atoms. The molecule has 546 valence electrons. The standard InChI is InChI=1S/C25H24N6O5.C18H19N5O5.C9H12N6O5.C9H11N5O6/c1-3-25(29-30-26)16(2)20(35-23(33)18-12-8-5-9-13-18)22(36-25)31-15-14-19(28-24(31)34)27-21(32)17-10-6-4-7-11-17;1-3-18(21-22-19)11(2)14(27-16(25)12-7-5-4-6-8-12)15(28-18)23-10-9-13(24)20-17(23)26;10-4-1-2-15(8(19)12-4)7-5(17)6(18)9(3-16,20-7)13-14-11;10-13-12-9(3-15)6(18)5(17)7(20-9)14-2-1-4(16)11-8(14)19/h4-16,20,22H,3H2,1-2H3,(H,27,28,32,34);4-11,14-15H,3H2,1-2H3,(H,20,24,26);1-2,5-7,16-18H,3H2,(H2,10,12,19);1-2,5-7,15,17-18H,3H2,(H,11,16,19)/t16-,20+,22+,25+;11-,14+,15+,18+;2*5-,6+,7-,9-/m0011/s1. The van der Waals surface area contributed by atoms with Crippen molar-refractivity contribution < 1.29 is 73.4 Å². The lowest BCUT2D eigenvalue weighted by molar-refractivity contribution is -0.125. The summed E-state index contributed by atoms with van der Waals surface area (Å²) in [5, 5.41) is 74.4. The number of benzene rings is 3. The molecule has 43 heteroatoms. The smallest absolute Gasteiger partial charge is 0.351 e. The van der Waals surface area contributed by atoms with Crippen molar-refractivity contribution in [2.24, 2.45) is 32.3 Å². The van der Waals surface area contributed by atoms with E-state index in [1.54, 1.807) is 119 Å². The first-order chi connectivity index (χ1) is 49.7. The van der Waals surface area contributed by atoms with E-state index in [0.29, 0.717) is 23.1 Å². The first-order valence-electron chi connectivity index (χ1n) is 31.1. The van der Waals surface area contributed by atoms with Crippen LogP contribution in [0.2, 0.25) is 0 Å². The first-order valence-corrected chi connectivity index (χ1v) is 31.1. The molecule has 4 aliphatic heterocycles. The molecule has 43 nitrogen and oxygen atoms in total. The van der Waals surface area contributed by atoms with Crippen LogP contribution < -0.4 is 44.9 Å². The monoisotopic (exact) mass is 1440 g/mol. The molecule has 0 aliphatic carbocycles. The molecule has 7 aromatic rings. The number of nitrogen functional groups attached to an aromatic ring is 1. The zero-order valence-corrected chi connectivity index (χ0v) is 55.0. The molecule has 11 rings (SSSR count). The Balaban J connectivity index is 0.000000181. The van der Waals surface area contributed by atoms with E-state index in [1.165, 1.54) is 30.7 Å². The number of amides is 1. The fourth-order valence-electron chi connectivity index (χ4n) is 11.3. The van der Waals surface area contributed by atoms with Crippen LogP contribution in [0, 0.1) is 11.8 Å². The maximum atomic E-state index is 13.0. The summed E-state index contributed by atoms with van der Waals surface area (Å²) in [5.74, 6) is -2.74. The third-order valence-electron chi connectivity index (χ3n) is 17.0. The number of nitrogens with two attached hydrogens (primary N) is 1. The van der Waals surface area contributed by atoms with Crippen LogP contribution in [0.4, 0.5) is 11.6 Å². The van der Waals surface area contributed by atoms with E-state index < -0.39 is 161 Å². The van der Waals surface area contributed by atoms with Crippen molar-refractivity contribution >= 4 is 29.5 Å². The molecule has 11 N–H and O–H groups in total. The second-order valence-corrected chi connectivity index (χ2v) is 23.0. The SMILES string of the molecule is CC[C@@]1(N=[N+]=[N-])O[C@@H](n2ccc(=O)[nH]c2=O)[C@H](OC(=O)c2ccccc2)[C@@H]1C.CC[C@@]1(N=[N+]=[N-])O[C@@H](n2ccc(NC(=O)c3ccccc3)nc2=O)[C@H](OC(=O)c2ccccc2)[C@@H]1C.[N-]=[N+]=N[C@]1(CO)O[C@@H](n2ccc(=O)[nH]c2=O)[C@H](O)[C@@H]1O.[N-]=[N+]=N[C@]1(CO)O[C@@H](n2ccc(N)nc2=O)[C@H](O)[C@@H]1O. The highest BCUT2D eigenvalue weighted by Gasteiger charge is 2.58. The minimum Gasteiger partial charge on any atom is -0.454 e. The van der Waals surface area contributed by atoms with E-state index in [-0.39, 0.29) is 18.1 Å². The van der Waals surface area contributed by atoms with Gasteiger partial charge in [0.25, 0.3) is 17.0 Å². The highest BCUT2D eigenvalue weighted by molar-refractivity contribution is 6.03. The number of nitrogens with zero attached hydrogens (tertiary/aromatic N) is 18. The zero-order chi connectivity index (χ0) is 75.8. The predicted octanol–water partition coefficient (Wildman–Crippen LogP) is 2.51. The fraction of sp³-hybridized carbons (Fsp3) is 0.393. The Morgan fingerprint density at radius 1 is 0.519 bits per heavy atom. The molecule has 1 amide bonds. The maximum absolute atomic E-state index is 13.0. The Bertz CT molecular complexity index is 4830. The number of ether oxygens (including phenoxy) is 6. The Morgan fingerprint density at radius 3 is 1.25 bits per heavy atom. The van der Waals surface area contributed by atoms with Gasteiger partial charge < -0.3 is 70.1 Å². The summed E-state index contributed by atoms with van der Waals surface area (Å²) in [4.78, 5) is 131. The topological polar surface area (TPSA) is 641 Å². The molecule has 16 atom stereocenters. The summed E-state index contributed by atoms with van der Waals surface area (Å²) in [7, 11) is 0. The quantitative estimate of drug-likeness (QED) is 0.0255. The molecule has 0 radical (unpaired) electrons. The van der Waals surface area contributed by atoms with Crippen LogP contribution in [0.25, 0.3) is 41.8 Å². The molecule has 0 unspecified atom stereocenters. The number of hydrogen-bond donors (Lipinski definition) is 10. The van der Waals surface area contributed by atoms with Gasteiger partial charge in [0, 0.05) is 74.0 Å². The van der Waals surface area contributed by atoms with Gasteiger partial charge in [0.1, 0.15) is 36.1 Å². The highest BCUT2D eigenvalue weighted by Crippen LogP contribution is 2.48. The second kappa shape index (κ2) is 33.5. The van der Waals surface area contributed by atoms with Gasteiger partial charge in [-0.25, -0.2) is 28.8 Å². The van der Waals surface area contributed by atoms with Crippen LogP contribution in [0.5, 0.6) is 0 Å². The molecular formula is C61H66N22O21. The minimum absolute atomic E-state index is 0.0252. The van der Waals surface area contributed by atoms with Gasteiger partial charge in [0.05, 0.1) is 24.3 Å². The number of aliphatic hydroxyl groups is 6. The number of rotatable bonds is 18. The van der Waals surface area contributed by atoms with Crippen LogP contribution in [0.3, 0.4) is 0 Å². The van der Waals surface area contributed by atoms with Crippen LogP contribution in [0.1, 0.15) is 96.5 Å². The van der Waals surface area contributed by atoms with Crippen LogP contribution in [-0.2, 0) is 28.4 Å². The van der Waals surface area contributed by atoms with Crippen molar-refractivity contribution in [3.05, 3.63) is 261 Å². The molecule has 4 aliphatic rings. The van der Waals surface area contributed by atoms with Crippen molar-refractivity contribution in [2.75, 3.05) is 24.3 Å². The van der Waals surface area contributed by atoms with E-state index >= 15 is 0 Å². The van der Waals surface area contributed by atoms with Gasteiger partial charge in [0.15, 0.2) is 48.6 Å². The Kier molecular flexibility index (Phi) is 25.0. The van der Waals surface area contributed by atoms with E-state index in [1.807, 2.05) is 4.98 Å². The largest absolute Gasteiger partial charge is 0.454 e. The lowest BCUT2D eigenvalue weighted by atomic mass is 9.92. The number of aromatic amines is 2. The number of anilines is 2. The molecule has 8 heterocycles. The van der Waals surface area contributed by atoms with Crippen molar-refractivity contribution in [1.29, 1.82) is 0 Å². The minimum atomic E-state index is -2.10. The third-order valence-corrected chi connectivity index (χ3v) is 17.0. The normalized spacial score (nSPS) is 27.7. The molecule has 3 aromatic carbocycles. The van der Waals surface area contributed by atoms with E-state index in [0.717, 1.165) is 36.6 Å². The Labute approximate surface area is 582 Å². The fourth-order valence-corrected chi connectivity index (χ4v) is 11.3. The highest BCUT2D eigenvalue weighted by atomic mass is 16.6. The summed E-state index contributed by atoms with van der Waals surface area (Å²) in [6.07, 6.45) is -8.10. The summed E-state index contributed by atoms with van der Waals surface area (Å²) < 4.78 is 37.8. The number of azide groups is 4. The number of nitrogens with one attached hydrogen (secondary N) is 3. The number of H-pyrrole nitrogens is 2. The summed E-state index contributed by atoms with van der Waals surface area (Å²) in [6, 6.07) is 30.2. The summed E-state index contributed by atoms with van der Waals surface area (Å²) in [6.45, 7) is 5.21. The van der Waals surface area contributed by atoms with Gasteiger partial charge in [-0.1, -0.05) is 103 Å². The van der Waals surface area contributed by atoms with E-state index in [2.05, 4.69) is 60.4 Å². The van der Waals surface area contributed by atoms with E-state index in [4.69, 9.17) is 56.3 Å². The number of carbonyl (C=O) groups is 3. The number of esters is 2. The third kappa shape index (κ3) is 16.4. The van der Waals surface area contributed by atoms with Gasteiger partial charge in [-0.3, -0.25) is 42.6 Å². The molecule has 104 heavy (non-hydrogen) atoms. The predicted molar refractivity (Wildman–Crippen MR) is 355 cm³/mol. The van der Waals surface area contributed by atoms with Crippen LogP contribution in [0.15, 0.2) is 189 Å². The van der Waals surface area contributed by atoms with Gasteiger partial charge in [0.2, 0.25) is 11.4 Å². The van der Waals surface area contributed by atoms with Crippen molar-refractivity contribution in [3.8, 4) is 0 Å².